The first kappa shape index (κ1) is 17.3. The lowest BCUT2D eigenvalue weighted by Gasteiger charge is -2.34. The molecule has 0 bridgehead atoms. The molecule has 0 spiro atoms. The Morgan fingerprint density at radius 1 is 1.29 bits per heavy atom. The lowest BCUT2D eigenvalue weighted by molar-refractivity contribution is -0.137. The Morgan fingerprint density at radius 2 is 1.96 bits per heavy atom. The number of hydrogen-bond acceptors (Lipinski definition) is 2. The van der Waals surface area contributed by atoms with Gasteiger partial charge in [0.15, 0.2) is 0 Å². The second-order valence-corrected chi connectivity index (χ2v) is 7.11. The van der Waals surface area contributed by atoms with Gasteiger partial charge in [0.2, 0.25) is 5.91 Å². The summed E-state index contributed by atoms with van der Waals surface area (Å²) in [6.07, 6.45) is -1.58. The molecule has 24 heavy (non-hydrogen) atoms. The molecule has 1 aromatic rings. The third-order valence-corrected chi connectivity index (χ3v) is 5.29. The minimum atomic E-state index is -4.32. The van der Waals surface area contributed by atoms with Gasteiger partial charge in [-0.3, -0.25) is 4.79 Å². The number of benzene rings is 1. The number of rotatable bonds is 3. The molecule has 0 unspecified atom stereocenters. The van der Waals surface area contributed by atoms with Crippen molar-refractivity contribution in [1.29, 1.82) is 0 Å². The molecule has 1 aromatic carbocycles. The molecule has 6 heteroatoms. The molecular weight excluding hydrogens is 317 g/mol. The molecule has 1 heterocycles. The predicted octanol–water partition coefficient (Wildman–Crippen LogP) is 3.39. The van der Waals surface area contributed by atoms with E-state index >= 15 is 0 Å². The molecule has 132 valence electrons. The number of carbonyl (C=O) groups excluding carboxylic acids is 1. The van der Waals surface area contributed by atoms with Gasteiger partial charge in [0.25, 0.3) is 0 Å². The van der Waals surface area contributed by atoms with Crippen molar-refractivity contribution in [3.8, 4) is 0 Å². The second-order valence-electron chi connectivity index (χ2n) is 7.11. The Hall–Kier alpha value is -1.56. The quantitative estimate of drug-likeness (QED) is 0.917. The minimum Gasteiger partial charge on any atom is -0.342 e. The molecule has 0 radical (unpaired) electrons. The van der Waals surface area contributed by atoms with E-state index in [1.54, 1.807) is 0 Å². The van der Waals surface area contributed by atoms with Crippen LogP contribution in [0.3, 0.4) is 0 Å². The monoisotopic (exact) mass is 340 g/mol. The molecule has 4 atom stereocenters. The standard InChI is InChI=1S/C18H23F3N2O/c1-11(22)13-3-2-8-23(10-13)17(24)16-9-15(16)12-4-6-14(7-5-12)18(19,20)21/h4-7,11,13,15-16H,2-3,8-10,22H2,1H3/t11-,13+,15-,16-/m0/s1. The van der Waals surface area contributed by atoms with Gasteiger partial charge in [0, 0.05) is 25.0 Å². The largest absolute Gasteiger partial charge is 0.416 e. The summed E-state index contributed by atoms with van der Waals surface area (Å²) in [4.78, 5) is 14.5. The molecule has 1 aliphatic heterocycles. The van der Waals surface area contributed by atoms with Crippen molar-refractivity contribution in [2.24, 2.45) is 17.6 Å². The number of amides is 1. The fourth-order valence-corrected chi connectivity index (χ4v) is 3.63. The van der Waals surface area contributed by atoms with E-state index in [0.29, 0.717) is 12.5 Å². The number of alkyl halides is 3. The van der Waals surface area contributed by atoms with E-state index in [-0.39, 0.29) is 23.8 Å². The Balaban J connectivity index is 1.61. The first-order chi connectivity index (χ1) is 11.3. The molecule has 1 aliphatic carbocycles. The van der Waals surface area contributed by atoms with Crippen molar-refractivity contribution in [1.82, 2.24) is 4.90 Å². The van der Waals surface area contributed by atoms with Gasteiger partial charge in [-0.25, -0.2) is 0 Å². The normalized spacial score (nSPS) is 28.5. The molecule has 1 saturated heterocycles. The number of halogens is 3. The highest BCUT2D eigenvalue weighted by atomic mass is 19.4. The number of likely N-dealkylation sites (tertiary alicyclic amines) is 1. The van der Waals surface area contributed by atoms with Crippen molar-refractivity contribution < 1.29 is 18.0 Å². The maximum Gasteiger partial charge on any atom is 0.416 e. The summed E-state index contributed by atoms with van der Waals surface area (Å²) in [5.41, 5.74) is 6.13. The van der Waals surface area contributed by atoms with Crippen molar-refractivity contribution in [3.63, 3.8) is 0 Å². The van der Waals surface area contributed by atoms with Crippen LogP contribution < -0.4 is 5.73 Å². The van der Waals surface area contributed by atoms with Gasteiger partial charge in [0.1, 0.15) is 0 Å². The molecule has 3 rings (SSSR count). The van der Waals surface area contributed by atoms with E-state index in [1.807, 2.05) is 11.8 Å². The molecular formula is C18H23F3N2O. The lowest BCUT2D eigenvalue weighted by Crippen LogP contribution is -2.45. The molecule has 2 N–H and O–H groups in total. The lowest BCUT2D eigenvalue weighted by atomic mass is 9.92. The smallest absolute Gasteiger partial charge is 0.342 e. The van der Waals surface area contributed by atoms with Crippen LogP contribution in [0.15, 0.2) is 24.3 Å². The van der Waals surface area contributed by atoms with Crippen molar-refractivity contribution in [2.75, 3.05) is 13.1 Å². The third kappa shape index (κ3) is 3.58. The number of carbonyl (C=O) groups is 1. The highest BCUT2D eigenvalue weighted by Gasteiger charge is 2.46. The summed E-state index contributed by atoms with van der Waals surface area (Å²) in [7, 11) is 0. The molecule has 2 aliphatic rings. The predicted molar refractivity (Wildman–Crippen MR) is 85.2 cm³/mol. The van der Waals surface area contributed by atoms with Gasteiger partial charge in [-0.05, 0) is 55.7 Å². The average Bonchev–Trinajstić information content (AvgIpc) is 3.34. The summed E-state index contributed by atoms with van der Waals surface area (Å²) < 4.78 is 37.8. The fourth-order valence-electron chi connectivity index (χ4n) is 3.63. The topological polar surface area (TPSA) is 46.3 Å². The fraction of sp³-hybridized carbons (Fsp3) is 0.611. The van der Waals surface area contributed by atoms with Crippen molar-refractivity contribution in [2.45, 2.75) is 44.3 Å². The van der Waals surface area contributed by atoms with E-state index in [1.165, 1.54) is 12.1 Å². The Morgan fingerprint density at radius 3 is 2.54 bits per heavy atom. The zero-order valence-corrected chi connectivity index (χ0v) is 13.7. The summed E-state index contributed by atoms with van der Waals surface area (Å²) in [5, 5.41) is 0. The van der Waals surface area contributed by atoms with Crippen LogP contribution in [0.1, 0.15) is 43.2 Å². The second kappa shape index (κ2) is 6.39. The highest BCUT2D eigenvalue weighted by Crippen LogP contribution is 2.49. The van der Waals surface area contributed by atoms with Crippen molar-refractivity contribution in [3.05, 3.63) is 35.4 Å². The Kier molecular flexibility index (Phi) is 4.60. The molecule has 0 aromatic heterocycles. The highest BCUT2D eigenvalue weighted by molar-refractivity contribution is 5.83. The van der Waals surface area contributed by atoms with Crippen molar-refractivity contribution >= 4 is 5.91 Å². The summed E-state index contributed by atoms with van der Waals surface area (Å²) in [6, 6.07) is 5.28. The zero-order chi connectivity index (χ0) is 17.5. The van der Waals surface area contributed by atoms with Crippen LogP contribution >= 0.6 is 0 Å². The maximum atomic E-state index is 12.6. The third-order valence-electron chi connectivity index (χ3n) is 5.29. The zero-order valence-electron chi connectivity index (χ0n) is 13.7. The van der Waals surface area contributed by atoms with Crippen LogP contribution in [0.5, 0.6) is 0 Å². The molecule has 1 saturated carbocycles. The van der Waals surface area contributed by atoms with Crippen LogP contribution in [0.4, 0.5) is 13.2 Å². The van der Waals surface area contributed by atoms with Gasteiger partial charge < -0.3 is 10.6 Å². The van der Waals surface area contributed by atoms with Gasteiger partial charge in [0.05, 0.1) is 5.56 Å². The van der Waals surface area contributed by atoms with Gasteiger partial charge in [-0.15, -0.1) is 0 Å². The summed E-state index contributed by atoms with van der Waals surface area (Å²) >= 11 is 0. The van der Waals surface area contributed by atoms with Gasteiger partial charge >= 0.3 is 6.18 Å². The van der Waals surface area contributed by atoms with E-state index in [2.05, 4.69) is 0 Å². The van der Waals surface area contributed by atoms with Crippen LogP contribution in [0.25, 0.3) is 0 Å². The first-order valence-electron chi connectivity index (χ1n) is 8.49. The molecule has 1 amide bonds. The summed E-state index contributed by atoms with van der Waals surface area (Å²) in [6.45, 7) is 3.44. The minimum absolute atomic E-state index is 0.0514. The number of nitrogens with zero attached hydrogens (tertiary/aromatic N) is 1. The average molecular weight is 340 g/mol. The van der Waals surface area contributed by atoms with Crippen LogP contribution in [-0.4, -0.2) is 29.9 Å². The number of nitrogens with two attached hydrogens (primary N) is 1. The van der Waals surface area contributed by atoms with Crippen LogP contribution in [-0.2, 0) is 11.0 Å². The van der Waals surface area contributed by atoms with E-state index < -0.39 is 11.7 Å². The van der Waals surface area contributed by atoms with Crippen LogP contribution in [0, 0.1) is 11.8 Å². The summed E-state index contributed by atoms with van der Waals surface area (Å²) in [5.74, 6) is 0.431. The van der Waals surface area contributed by atoms with Crippen LogP contribution in [0.2, 0.25) is 0 Å². The molecule has 3 nitrogen and oxygen atoms in total. The maximum absolute atomic E-state index is 12.6. The Labute approximate surface area is 140 Å². The number of hydrogen-bond donors (Lipinski definition) is 1. The number of piperidine rings is 1. The Bertz CT molecular complexity index is 597. The van der Waals surface area contributed by atoms with E-state index in [9.17, 15) is 18.0 Å². The van der Waals surface area contributed by atoms with Gasteiger partial charge in [-0.2, -0.15) is 13.2 Å². The first-order valence-corrected chi connectivity index (χ1v) is 8.49. The van der Waals surface area contributed by atoms with Gasteiger partial charge in [-0.1, -0.05) is 12.1 Å². The van der Waals surface area contributed by atoms with E-state index in [0.717, 1.165) is 43.5 Å². The molecule has 2 fully saturated rings. The van der Waals surface area contributed by atoms with E-state index in [4.69, 9.17) is 5.73 Å². The SMILES string of the molecule is C[C@H](N)[C@@H]1CCCN(C(=O)[C@H]2C[C@H]2c2ccc(C(F)(F)F)cc2)C1.